The fraction of sp³-hybridized carbons (Fsp3) is 0.412. The van der Waals surface area contributed by atoms with Crippen molar-refractivity contribution < 1.29 is 14.4 Å². The molecule has 0 saturated carbocycles. The highest BCUT2D eigenvalue weighted by atomic mass is 16.2. The summed E-state index contributed by atoms with van der Waals surface area (Å²) in [5.74, 6) is -1.64. The summed E-state index contributed by atoms with van der Waals surface area (Å²) in [4.78, 5) is 74.0. The fourth-order valence-corrected chi connectivity index (χ4v) is 2.72. The highest BCUT2D eigenvalue weighted by Gasteiger charge is 2.47. The Kier molecular flexibility index (Phi) is 6.05. The Morgan fingerprint density at radius 3 is 1.90 bits per heavy atom. The third kappa shape index (κ3) is 3.81. The predicted octanol–water partition coefficient (Wildman–Crippen LogP) is -1.70. The number of amides is 4. The second-order valence-electron chi connectivity index (χ2n) is 6.52. The molecule has 0 radical (unpaired) electrons. The molecule has 156 valence electrons. The van der Waals surface area contributed by atoms with Gasteiger partial charge in [0.1, 0.15) is 12.1 Å². The van der Waals surface area contributed by atoms with Crippen molar-refractivity contribution in [3.8, 4) is 0 Å². The lowest BCUT2D eigenvalue weighted by Crippen LogP contribution is -2.56. The zero-order valence-electron chi connectivity index (χ0n) is 16.1. The Balaban J connectivity index is 2.39. The molecule has 12 nitrogen and oxygen atoms in total. The van der Waals surface area contributed by atoms with Gasteiger partial charge >= 0.3 is 23.1 Å². The number of nitrogens with zero attached hydrogens (tertiary/aromatic N) is 4. The molecular formula is C17H22N6O6. The van der Waals surface area contributed by atoms with Gasteiger partial charge in [-0.15, -0.1) is 13.2 Å². The summed E-state index contributed by atoms with van der Waals surface area (Å²) in [7, 11) is 0. The first-order valence-electron chi connectivity index (χ1n) is 8.73. The van der Waals surface area contributed by atoms with Gasteiger partial charge < -0.3 is 5.32 Å². The molecule has 1 aliphatic heterocycles. The van der Waals surface area contributed by atoms with Crippen LogP contribution in [0.5, 0.6) is 0 Å². The van der Waals surface area contributed by atoms with Crippen LogP contribution < -0.4 is 27.8 Å². The standard InChI is InChI=1S/C17H22N6O6/c1-5-8-20-14(27)21(9-6-2)16(29)22(15(20)28)10-11(24)19-23-12(25)17(4,7-3)18-13(23)26/h5-6H,1-2,7-10H2,3-4H3,(H,18,26)(H,19,24). The average Bonchev–Trinajstić information content (AvgIpc) is 2.89. The van der Waals surface area contributed by atoms with Gasteiger partial charge in [-0.25, -0.2) is 32.9 Å². The highest BCUT2D eigenvalue weighted by Crippen LogP contribution is 2.18. The smallest absolute Gasteiger partial charge is 0.322 e. The number of hydrogen-bond donors (Lipinski definition) is 2. The number of allylic oxidation sites excluding steroid dienone is 2. The normalized spacial score (nSPS) is 18.5. The van der Waals surface area contributed by atoms with Gasteiger partial charge in [-0.3, -0.25) is 15.0 Å². The van der Waals surface area contributed by atoms with Gasteiger partial charge in [-0.1, -0.05) is 19.1 Å². The monoisotopic (exact) mass is 406 g/mol. The number of imide groups is 1. The fourth-order valence-electron chi connectivity index (χ4n) is 2.72. The van der Waals surface area contributed by atoms with E-state index in [1.54, 1.807) is 6.92 Å². The minimum atomic E-state index is -1.17. The van der Waals surface area contributed by atoms with Crippen LogP contribution in [-0.2, 0) is 29.2 Å². The minimum Gasteiger partial charge on any atom is -0.322 e. The first-order chi connectivity index (χ1) is 13.6. The Morgan fingerprint density at radius 1 is 1.00 bits per heavy atom. The summed E-state index contributed by atoms with van der Waals surface area (Å²) in [6, 6.07) is -0.833. The minimum absolute atomic E-state index is 0.182. The number of rotatable bonds is 8. The van der Waals surface area contributed by atoms with E-state index in [0.717, 1.165) is 9.13 Å². The first kappa shape index (κ1) is 21.6. The third-order valence-electron chi connectivity index (χ3n) is 4.52. The molecule has 1 aromatic heterocycles. The van der Waals surface area contributed by atoms with E-state index in [2.05, 4.69) is 23.9 Å². The summed E-state index contributed by atoms with van der Waals surface area (Å²) in [6.45, 7) is 8.91. The van der Waals surface area contributed by atoms with Crippen LogP contribution in [0, 0.1) is 0 Å². The molecule has 2 N–H and O–H groups in total. The van der Waals surface area contributed by atoms with Crippen molar-refractivity contribution >= 4 is 17.8 Å². The summed E-state index contributed by atoms with van der Waals surface area (Å²) in [5.41, 5.74) is -2.00. The number of hydrazine groups is 1. The van der Waals surface area contributed by atoms with Crippen LogP contribution in [0.3, 0.4) is 0 Å². The van der Waals surface area contributed by atoms with E-state index in [-0.39, 0.29) is 13.1 Å². The summed E-state index contributed by atoms with van der Waals surface area (Å²) >= 11 is 0. The summed E-state index contributed by atoms with van der Waals surface area (Å²) in [6.07, 6.45) is 2.87. The second kappa shape index (κ2) is 8.12. The van der Waals surface area contributed by atoms with E-state index in [9.17, 15) is 28.8 Å². The molecule has 29 heavy (non-hydrogen) atoms. The van der Waals surface area contributed by atoms with E-state index in [1.165, 1.54) is 19.1 Å². The molecule has 2 heterocycles. The van der Waals surface area contributed by atoms with Crippen molar-refractivity contribution in [1.29, 1.82) is 0 Å². The number of urea groups is 1. The van der Waals surface area contributed by atoms with E-state index >= 15 is 0 Å². The first-order valence-corrected chi connectivity index (χ1v) is 8.73. The molecule has 0 spiro atoms. The number of carbonyl (C=O) groups is 3. The van der Waals surface area contributed by atoms with Crippen molar-refractivity contribution in [3.05, 3.63) is 56.8 Å². The molecule has 0 aliphatic carbocycles. The van der Waals surface area contributed by atoms with Crippen LogP contribution in [0.15, 0.2) is 39.7 Å². The molecule has 4 amide bonds. The topological polar surface area (TPSA) is 145 Å². The van der Waals surface area contributed by atoms with Crippen molar-refractivity contribution in [1.82, 2.24) is 29.5 Å². The molecule has 1 unspecified atom stereocenters. The molecule has 2 rings (SSSR count). The number of aromatic nitrogens is 3. The SMILES string of the molecule is C=CCn1c(=O)n(CC=C)c(=O)n(CC(=O)NN2C(=O)NC(C)(CC)C2=O)c1=O. The quantitative estimate of drug-likeness (QED) is 0.389. The highest BCUT2D eigenvalue weighted by molar-refractivity contribution is 6.07. The van der Waals surface area contributed by atoms with E-state index in [0.29, 0.717) is 16.0 Å². The summed E-state index contributed by atoms with van der Waals surface area (Å²) in [5, 5.41) is 2.95. The zero-order chi connectivity index (χ0) is 21.9. The maximum atomic E-state index is 12.5. The third-order valence-corrected chi connectivity index (χ3v) is 4.52. The molecule has 1 aliphatic rings. The second-order valence-corrected chi connectivity index (χ2v) is 6.52. The maximum Gasteiger partial charge on any atom is 0.344 e. The van der Waals surface area contributed by atoms with Crippen LogP contribution in [0.25, 0.3) is 0 Å². The molecule has 0 aromatic carbocycles. The lowest BCUT2D eigenvalue weighted by atomic mass is 10.00. The van der Waals surface area contributed by atoms with Gasteiger partial charge in [0.15, 0.2) is 0 Å². The van der Waals surface area contributed by atoms with Crippen molar-refractivity contribution in [2.45, 2.75) is 45.4 Å². The van der Waals surface area contributed by atoms with Gasteiger partial charge in [0.05, 0.1) is 13.1 Å². The number of nitrogens with one attached hydrogen (secondary N) is 2. The molecule has 1 atom stereocenters. The Hall–Kier alpha value is -3.70. The molecule has 12 heteroatoms. The van der Waals surface area contributed by atoms with E-state index < -0.39 is 47.0 Å². The molecule has 1 aromatic rings. The lowest BCUT2D eigenvalue weighted by molar-refractivity contribution is -0.139. The van der Waals surface area contributed by atoms with Gasteiger partial charge in [0.25, 0.3) is 11.8 Å². The summed E-state index contributed by atoms with van der Waals surface area (Å²) < 4.78 is 1.99. The van der Waals surface area contributed by atoms with Gasteiger partial charge in [-0.05, 0) is 13.3 Å². The molecule has 1 saturated heterocycles. The molecular weight excluding hydrogens is 384 g/mol. The van der Waals surface area contributed by atoms with Crippen LogP contribution in [0.4, 0.5) is 4.79 Å². The van der Waals surface area contributed by atoms with Gasteiger partial charge in [0, 0.05) is 0 Å². The van der Waals surface area contributed by atoms with Gasteiger partial charge in [0.2, 0.25) is 0 Å². The van der Waals surface area contributed by atoms with Crippen LogP contribution in [-0.4, -0.2) is 42.1 Å². The number of hydrogen-bond acceptors (Lipinski definition) is 6. The largest absolute Gasteiger partial charge is 0.344 e. The lowest BCUT2D eigenvalue weighted by Gasteiger charge is -2.19. The van der Waals surface area contributed by atoms with E-state index in [1.807, 2.05) is 0 Å². The van der Waals surface area contributed by atoms with Crippen molar-refractivity contribution in [2.75, 3.05) is 0 Å². The van der Waals surface area contributed by atoms with Crippen LogP contribution in [0.1, 0.15) is 20.3 Å². The van der Waals surface area contributed by atoms with Crippen LogP contribution >= 0.6 is 0 Å². The predicted molar refractivity (Wildman–Crippen MR) is 102 cm³/mol. The van der Waals surface area contributed by atoms with Crippen LogP contribution in [0.2, 0.25) is 0 Å². The van der Waals surface area contributed by atoms with Crippen molar-refractivity contribution in [3.63, 3.8) is 0 Å². The Labute approximate surface area is 164 Å². The zero-order valence-corrected chi connectivity index (χ0v) is 16.1. The Bertz CT molecular complexity index is 1020. The Morgan fingerprint density at radius 2 is 1.48 bits per heavy atom. The van der Waals surface area contributed by atoms with Crippen molar-refractivity contribution in [2.24, 2.45) is 0 Å². The molecule has 0 bridgehead atoms. The van der Waals surface area contributed by atoms with E-state index in [4.69, 9.17) is 0 Å². The molecule has 1 fully saturated rings. The maximum absolute atomic E-state index is 12.5. The number of carbonyl (C=O) groups excluding carboxylic acids is 3. The average molecular weight is 406 g/mol. The van der Waals surface area contributed by atoms with Gasteiger partial charge in [-0.2, -0.15) is 5.01 Å².